The van der Waals surface area contributed by atoms with Gasteiger partial charge in [-0.05, 0) is 0 Å². The lowest BCUT2D eigenvalue weighted by Gasteiger charge is -1.16. The summed E-state index contributed by atoms with van der Waals surface area (Å²) in [5, 5.41) is 14.5. The largest absolute Gasteiger partial charge is 0.181 e. The summed E-state index contributed by atoms with van der Waals surface area (Å²) in [7, 11) is 2.42. The molecule has 0 N–H and O–H groups in total. The highest BCUT2D eigenvalue weighted by molar-refractivity contribution is 7.15. The molecule has 0 aliphatic heterocycles. The van der Waals surface area contributed by atoms with Crippen LogP contribution in [0.4, 0.5) is 0 Å². The summed E-state index contributed by atoms with van der Waals surface area (Å²) in [4.78, 5) is 0. The van der Waals surface area contributed by atoms with E-state index in [0.29, 0.717) is 0 Å². The molecule has 0 aromatic carbocycles. The number of nitriles is 2. The number of hydrogen-bond donors (Lipinski definition) is 0. The van der Waals surface area contributed by atoms with Crippen LogP contribution < -0.4 is 0 Å². The molecule has 0 bridgehead atoms. The number of rotatable bonds is 0. The van der Waals surface area contributed by atoms with E-state index in [9.17, 15) is 0 Å². The second-order valence-electron chi connectivity index (χ2n) is 0.224. The summed E-state index contributed by atoms with van der Waals surface area (Å²) in [5.41, 5.74) is 0. The quantitative estimate of drug-likeness (QED) is 0.417. The van der Waals surface area contributed by atoms with E-state index in [0.717, 1.165) is 0 Å². The van der Waals surface area contributed by atoms with Crippen LogP contribution in [0.5, 0.6) is 0 Å². The third-order valence-electron chi connectivity index (χ3n) is 0.0500. The Morgan fingerprint density at radius 3 is 1.33 bits per heavy atom. The highest BCUT2D eigenvalue weighted by atomic mass is 31.0. The van der Waals surface area contributed by atoms with Crippen LogP contribution >= 0.6 is 9.24 Å². The molecule has 0 fully saturated rings. The van der Waals surface area contributed by atoms with Gasteiger partial charge >= 0.3 is 0 Å². The number of hydrogen-bond acceptors (Lipinski definition) is 2. The summed E-state index contributed by atoms with van der Waals surface area (Å²) in [6.45, 7) is 1.92. The lowest BCUT2D eigenvalue weighted by atomic mass is 10.9. The second kappa shape index (κ2) is 25.8. The Balaban J connectivity index is 0. The summed E-state index contributed by atoms with van der Waals surface area (Å²) >= 11 is 0. The smallest absolute Gasteiger partial charge is 0.181 e. The molecule has 0 heterocycles. The van der Waals surface area contributed by atoms with Crippen molar-refractivity contribution in [2.75, 3.05) is 6.66 Å². The highest BCUT2D eigenvalue weighted by Gasteiger charge is 1.39. The van der Waals surface area contributed by atoms with Crippen LogP contribution in [0.3, 0.4) is 0 Å². The van der Waals surface area contributed by atoms with Gasteiger partial charge in [-0.1, -0.05) is 6.66 Å². The minimum absolute atomic E-state index is 1.24. The fourth-order valence-electron chi connectivity index (χ4n) is 0. The van der Waals surface area contributed by atoms with E-state index in [1.807, 2.05) is 6.66 Å². The van der Waals surface area contributed by atoms with Gasteiger partial charge in [-0.15, -0.1) is 9.24 Å². The van der Waals surface area contributed by atoms with Crippen molar-refractivity contribution in [2.24, 2.45) is 0 Å². The first-order valence-corrected chi connectivity index (χ1v) is 2.43. The summed E-state index contributed by atoms with van der Waals surface area (Å²) in [6, 6.07) is 2.47. The van der Waals surface area contributed by atoms with Gasteiger partial charge in [0.15, 0.2) is 12.1 Å². The Hall–Kier alpha value is -0.590. The fraction of sp³-hybridized carbons (Fsp3) is 0.333. The van der Waals surface area contributed by atoms with E-state index in [-0.39, 0.29) is 0 Å². The lowest BCUT2D eigenvalue weighted by Crippen LogP contribution is -1.26. The molecule has 0 spiro atoms. The van der Waals surface area contributed by atoms with Crippen LogP contribution in [0.25, 0.3) is 0 Å². The van der Waals surface area contributed by atoms with Crippen LogP contribution in [0, 0.1) is 22.7 Å². The molecule has 0 rings (SSSR count). The van der Waals surface area contributed by atoms with Crippen molar-refractivity contribution in [3.8, 4) is 12.1 Å². The average Bonchev–Trinajstić information content (AvgIpc) is 1.72. The molecule has 32 valence electrons. The Bertz CT molecular complexity index is 63.8. The van der Waals surface area contributed by atoms with Gasteiger partial charge in [0, 0.05) is 0 Å². The van der Waals surface area contributed by atoms with Crippen molar-refractivity contribution in [3.05, 3.63) is 0 Å². The van der Waals surface area contributed by atoms with Crippen molar-refractivity contribution >= 4 is 9.24 Å². The van der Waals surface area contributed by atoms with E-state index in [2.05, 4.69) is 9.24 Å². The molecule has 0 saturated carbocycles. The molecule has 0 amide bonds. The predicted octanol–water partition coefficient (Wildman–Crippen LogP) is 0.525. The van der Waals surface area contributed by atoms with Gasteiger partial charge in [0.05, 0.1) is 0 Å². The monoisotopic (exact) mass is 100 g/mol. The average molecular weight is 100 g/mol. The lowest BCUT2D eigenvalue weighted by molar-refractivity contribution is 1.49. The molecule has 2 nitrogen and oxygen atoms in total. The van der Waals surface area contributed by atoms with Crippen LogP contribution in [0.2, 0.25) is 0 Å². The zero-order chi connectivity index (χ0) is 5.41. The van der Waals surface area contributed by atoms with Gasteiger partial charge in [-0.3, -0.25) is 0 Å². The minimum Gasteiger partial charge on any atom is -0.181 e. The normalized spacial score (nSPS) is 2.67. The molecule has 1 unspecified atom stereocenters. The molecule has 3 heteroatoms. The first-order valence-electron chi connectivity index (χ1n) is 1.27. The van der Waals surface area contributed by atoms with Crippen molar-refractivity contribution in [2.45, 2.75) is 0 Å². The Morgan fingerprint density at radius 2 is 1.33 bits per heavy atom. The number of nitrogens with zero attached hydrogens (tertiary/aromatic N) is 2. The summed E-state index contributed by atoms with van der Waals surface area (Å²) < 4.78 is 0. The van der Waals surface area contributed by atoms with E-state index in [1.54, 1.807) is 0 Å². The maximum atomic E-state index is 7.26. The van der Waals surface area contributed by atoms with Gasteiger partial charge in [0.1, 0.15) is 0 Å². The Kier molecular flexibility index (Phi) is 38.9. The maximum absolute atomic E-state index is 7.26. The van der Waals surface area contributed by atoms with Crippen molar-refractivity contribution in [3.63, 3.8) is 0 Å². The zero-order valence-electron chi connectivity index (χ0n) is 3.47. The minimum atomic E-state index is 1.24. The third-order valence-corrected chi connectivity index (χ3v) is 0.0500. The molecule has 0 aliphatic rings. The van der Waals surface area contributed by atoms with Gasteiger partial charge < -0.3 is 0 Å². The molecule has 6 heavy (non-hydrogen) atoms. The van der Waals surface area contributed by atoms with Crippen LogP contribution in [0.1, 0.15) is 0 Å². The molecule has 0 aromatic rings. The zero-order valence-corrected chi connectivity index (χ0v) is 4.63. The molecule has 0 radical (unpaired) electrons. The third kappa shape index (κ3) is 118. The highest BCUT2D eigenvalue weighted by Crippen LogP contribution is 1.46. The Morgan fingerprint density at radius 1 is 1.17 bits per heavy atom. The molecular formula is C3H5N2P. The molecule has 0 aliphatic carbocycles. The first kappa shape index (κ1) is 9.05. The van der Waals surface area contributed by atoms with E-state index in [4.69, 9.17) is 10.5 Å². The first-order chi connectivity index (χ1) is 2.91. The van der Waals surface area contributed by atoms with E-state index in [1.165, 1.54) is 12.1 Å². The fourth-order valence-corrected chi connectivity index (χ4v) is 0. The van der Waals surface area contributed by atoms with Gasteiger partial charge in [-0.2, -0.15) is 10.5 Å². The van der Waals surface area contributed by atoms with Crippen LogP contribution in [0.15, 0.2) is 0 Å². The second-order valence-corrected chi connectivity index (χ2v) is 0.224. The SMILES string of the molecule is CP.N#CC#N. The predicted molar refractivity (Wildman–Crippen MR) is 26.9 cm³/mol. The van der Waals surface area contributed by atoms with Crippen molar-refractivity contribution in [1.82, 2.24) is 0 Å². The van der Waals surface area contributed by atoms with Crippen molar-refractivity contribution in [1.29, 1.82) is 10.5 Å². The van der Waals surface area contributed by atoms with Crippen LogP contribution in [-0.4, -0.2) is 6.66 Å². The maximum Gasteiger partial charge on any atom is 0.181 e. The topological polar surface area (TPSA) is 47.6 Å². The van der Waals surface area contributed by atoms with Gasteiger partial charge in [0.25, 0.3) is 0 Å². The summed E-state index contributed by atoms with van der Waals surface area (Å²) in [5.74, 6) is 0. The van der Waals surface area contributed by atoms with Crippen LogP contribution in [-0.2, 0) is 0 Å². The molecular weight excluding hydrogens is 95.0 g/mol. The van der Waals surface area contributed by atoms with Crippen molar-refractivity contribution < 1.29 is 0 Å². The van der Waals surface area contributed by atoms with Gasteiger partial charge in [0.2, 0.25) is 0 Å². The molecule has 0 aromatic heterocycles. The summed E-state index contributed by atoms with van der Waals surface area (Å²) in [6.07, 6.45) is 0. The van der Waals surface area contributed by atoms with Gasteiger partial charge in [-0.25, -0.2) is 0 Å². The standard InChI is InChI=1S/C2N2.CH5P/c3-1-2-4;1-2/h;2H2,1H3. The van der Waals surface area contributed by atoms with E-state index >= 15 is 0 Å². The molecule has 1 atom stereocenters. The van der Waals surface area contributed by atoms with E-state index < -0.39 is 0 Å². The Labute approximate surface area is 39.6 Å². The molecule has 0 saturated heterocycles.